The highest BCUT2D eigenvalue weighted by molar-refractivity contribution is 6.00. The van der Waals surface area contributed by atoms with Crippen LogP contribution in [0.5, 0.6) is 0 Å². The Labute approximate surface area is 112 Å². The first-order valence-corrected chi connectivity index (χ1v) is 5.77. The van der Waals surface area contributed by atoms with E-state index >= 15 is 0 Å². The fourth-order valence-electron chi connectivity index (χ4n) is 1.93. The molecule has 5 heteroatoms. The summed E-state index contributed by atoms with van der Waals surface area (Å²) in [7, 11) is 0. The van der Waals surface area contributed by atoms with E-state index in [2.05, 4.69) is 0 Å². The molecule has 0 amide bonds. The zero-order valence-electron chi connectivity index (χ0n) is 10.5. The number of hydrogen-bond donors (Lipinski definition) is 0. The molecule has 0 spiro atoms. The van der Waals surface area contributed by atoms with Gasteiger partial charge in [0.05, 0.1) is 5.56 Å². The van der Waals surface area contributed by atoms with E-state index in [1.165, 1.54) is 25.1 Å². The van der Waals surface area contributed by atoms with Crippen LogP contribution in [0.1, 0.15) is 22.8 Å². The standard InChI is InChI=1S/C15H10F4O/c1-9(20)13-6-5-12(16)8-14(13)10-3-2-4-11(7-10)15(17,18)19/h2-8H,1H3. The van der Waals surface area contributed by atoms with E-state index in [9.17, 15) is 22.4 Å². The molecule has 0 aliphatic rings. The number of carbonyl (C=O) groups excluding carboxylic acids is 1. The van der Waals surface area contributed by atoms with Gasteiger partial charge in [0.15, 0.2) is 5.78 Å². The molecule has 0 saturated heterocycles. The van der Waals surface area contributed by atoms with Crippen LogP contribution in [-0.2, 0) is 6.18 Å². The van der Waals surface area contributed by atoms with Gasteiger partial charge < -0.3 is 0 Å². The average Bonchev–Trinajstić information content (AvgIpc) is 2.37. The van der Waals surface area contributed by atoms with Gasteiger partial charge in [0.25, 0.3) is 0 Å². The van der Waals surface area contributed by atoms with Gasteiger partial charge in [-0.15, -0.1) is 0 Å². The third-order valence-electron chi connectivity index (χ3n) is 2.86. The van der Waals surface area contributed by atoms with Crippen LogP contribution in [0.15, 0.2) is 42.5 Å². The maximum atomic E-state index is 13.3. The summed E-state index contributed by atoms with van der Waals surface area (Å²) in [6.45, 7) is 1.28. The topological polar surface area (TPSA) is 17.1 Å². The molecule has 0 atom stereocenters. The van der Waals surface area contributed by atoms with E-state index in [0.717, 1.165) is 24.3 Å². The molecule has 0 aromatic heterocycles. The Kier molecular flexibility index (Phi) is 3.61. The first-order chi connectivity index (χ1) is 9.29. The van der Waals surface area contributed by atoms with E-state index in [1.807, 2.05) is 0 Å². The molecular weight excluding hydrogens is 272 g/mol. The maximum Gasteiger partial charge on any atom is 0.416 e. The summed E-state index contributed by atoms with van der Waals surface area (Å²) in [4.78, 5) is 11.5. The fourth-order valence-corrected chi connectivity index (χ4v) is 1.93. The molecule has 0 heterocycles. The first-order valence-electron chi connectivity index (χ1n) is 5.77. The number of carbonyl (C=O) groups is 1. The lowest BCUT2D eigenvalue weighted by atomic mass is 9.96. The SMILES string of the molecule is CC(=O)c1ccc(F)cc1-c1cccc(C(F)(F)F)c1. The highest BCUT2D eigenvalue weighted by Crippen LogP contribution is 2.33. The Morgan fingerprint density at radius 2 is 1.75 bits per heavy atom. The maximum absolute atomic E-state index is 13.3. The molecule has 104 valence electrons. The number of alkyl halides is 3. The monoisotopic (exact) mass is 282 g/mol. The number of rotatable bonds is 2. The fraction of sp³-hybridized carbons (Fsp3) is 0.133. The van der Waals surface area contributed by atoms with Crippen molar-refractivity contribution in [3.05, 3.63) is 59.4 Å². The van der Waals surface area contributed by atoms with Crippen LogP contribution in [0.2, 0.25) is 0 Å². The van der Waals surface area contributed by atoms with Crippen molar-refractivity contribution in [2.45, 2.75) is 13.1 Å². The molecular formula is C15H10F4O. The first kappa shape index (κ1) is 14.2. The minimum absolute atomic E-state index is 0.156. The second-order valence-corrected chi connectivity index (χ2v) is 4.32. The minimum Gasteiger partial charge on any atom is -0.294 e. The number of ketones is 1. The molecule has 2 rings (SSSR count). The molecule has 20 heavy (non-hydrogen) atoms. The van der Waals surface area contributed by atoms with Gasteiger partial charge in [-0.1, -0.05) is 12.1 Å². The van der Waals surface area contributed by atoms with Crippen LogP contribution in [-0.4, -0.2) is 5.78 Å². The second-order valence-electron chi connectivity index (χ2n) is 4.32. The van der Waals surface area contributed by atoms with E-state index in [4.69, 9.17) is 0 Å². The normalized spacial score (nSPS) is 11.4. The van der Waals surface area contributed by atoms with Gasteiger partial charge in [0, 0.05) is 5.56 Å². The summed E-state index contributed by atoms with van der Waals surface area (Å²) < 4.78 is 51.3. The highest BCUT2D eigenvalue weighted by atomic mass is 19.4. The molecule has 0 unspecified atom stereocenters. The summed E-state index contributed by atoms with van der Waals surface area (Å²) in [6, 6.07) is 7.91. The van der Waals surface area contributed by atoms with Gasteiger partial charge in [-0.2, -0.15) is 13.2 Å². The largest absolute Gasteiger partial charge is 0.416 e. The zero-order chi connectivity index (χ0) is 14.9. The number of benzene rings is 2. The van der Waals surface area contributed by atoms with Crippen molar-refractivity contribution in [3.8, 4) is 11.1 Å². The van der Waals surface area contributed by atoms with Crippen molar-refractivity contribution in [1.29, 1.82) is 0 Å². The summed E-state index contributed by atoms with van der Waals surface area (Å²) in [5.74, 6) is -0.945. The molecule has 2 aromatic carbocycles. The summed E-state index contributed by atoms with van der Waals surface area (Å²) in [5, 5.41) is 0. The van der Waals surface area contributed by atoms with Gasteiger partial charge in [-0.05, 0) is 48.4 Å². The Bertz CT molecular complexity index is 659. The van der Waals surface area contributed by atoms with Crippen LogP contribution in [0, 0.1) is 5.82 Å². The third kappa shape index (κ3) is 2.87. The third-order valence-corrected chi connectivity index (χ3v) is 2.86. The van der Waals surface area contributed by atoms with E-state index in [-0.39, 0.29) is 22.5 Å². The molecule has 1 nitrogen and oxygen atoms in total. The smallest absolute Gasteiger partial charge is 0.294 e. The Morgan fingerprint density at radius 3 is 2.35 bits per heavy atom. The van der Waals surface area contributed by atoms with Crippen LogP contribution in [0.25, 0.3) is 11.1 Å². The minimum atomic E-state index is -4.49. The average molecular weight is 282 g/mol. The van der Waals surface area contributed by atoms with Crippen LogP contribution in [0.4, 0.5) is 17.6 Å². The van der Waals surface area contributed by atoms with Crippen molar-refractivity contribution in [3.63, 3.8) is 0 Å². The molecule has 0 radical (unpaired) electrons. The van der Waals surface area contributed by atoms with E-state index < -0.39 is 17.6 Å². The van der Waals surface area contributed by atoms with Crippen molar-refractivity contribution >= 4 is 5.78 Å². The quantitative estimate of drug-likeness (QED) is 0.575. The van der Waals surface area contributed by atoms with Crippen molar-refractivity contribution in [2.75, 3.05) is 0 Å². The Balaban J connectivity index is 2.62. The van der Waals surface area contributed by atoms with E-state index in [0.29, 0.717) is 0 Å². The molecule has 2 aromatic rings. The van der Waals surface area contributed by atoms with Gasteiger partial charge in [-0.25, -0.2) is 4.39 Å². The lowest BCUT2D eigenvalue weighted by Crippen LogP contribution is -2.05. The molecule has 0 saturated carbocycles. The van der Waals surface area contributed by atoms with Crippen molar-refractivity contribution in [1.82, 2.24) is 0 Å². The summed E-state index contributed by atoms with van der Waals surface area (Å²) >= 11 is 0. The number of hydrogen-bond acceptors (Lipinski definition) is 1. The lowest BCUT2D eigenvalue weighted by molar-refractivity contribution is -0.137. The Morgan fingerprint density at radius 1 is 1.05 bits per heavy atom. The molecule has 0 aliphatic heterocycles. The van der Waals surface area contributed by atoms with Gasteiger partial charge >= 0.3 is 6.18 Å². The predicted molar refractivity (Wildman–Crippen MR) is 66.8 cm³/mol. The van der Waals surface area contributed by atoms with Crippen LogP contribution >= 0.6 is 0 Å². The molecule has 0 bridgehead atoms. The highest BCUT2D eigenvalue weighted by Gasteiger charge is 2.30. The predicted octanol–water partition coefficient (Wildman–Crippen LogP) is 4.71. The zero-order valence-corrected chi connectivity index (χ0v) is 10.5. The molecule has 0 fully saturated rings. The van der Waals surface area contributed by atoms with Crippen LogP contribution < -0.4 is 0 Å². The van der Waals surface area contributed by atoms with Crippen molar-refractivity contribution < 1.29 is 22.4 Å². The van der Waals surface area contributed by atoms with Crippen molar-refractivity contribution in [2.24, 2.45) is 0 Å². The second kappa shape index (κ2) is 5.07. The lowest BCUT2D eigenvalue weighted by Gasteiger charge is -2.11. The van der Waals surface area contributed by atoms with E-state index in [1.54, 1.807) is 0 Å². The van der Waals surface area contributed by atoms with Crippen LogP contribution in [0.3, 0.4) is 0 Å². The van der Waals surface area contributed by atoms with Gasteiger partial charge in [0.2, 0.25) is 0 Å². The number of Topliss-reactive ketones (excluding diaryl/α,β-unsaturated/α-hetero) is 1. The van der Waals surface area contributed by atoms with Gasteiger partial charge in [-0.3, -0.25) is 4.79 Å². The summed E-state index contributed by atoms with van der Waals surface area (Å²) in [5.41, 5.74) is -0.340. The Hall–Kier alpha value is -2.17. The molecule has 0 aliphatic carbocycles. The molecule has 0 N–H and O–H groups in total. The number of halogens is 4. The van der Waals surface area contributed by atoms with Gasteiger partial charge in [0.1, 0.15) is 5.82 Å². The summed E-state index contributed by atoms with van der Waals surface area (Å²) in [6.07, 6.45) is -4.49.